The van der Waals surface area contributed by atoms with Gasteiger partial charge in [0.2, 0.25) is 0 Å². The topological polar surface area (TPSA) is 71.8 Å². The van der Waals surface area contributed by atoms with Gasteiger partial charge in [-0.1, -0.05) is 18.7 Å². The van der Waals surface area contributed by atoms with Gasteiger partial charge < -0.3 is 10.7 Å². The van der Waals surface area contributed by atoms with Crippen molar-refractivity contribution in [2.24, 2.45) is 5.73 Å². The Hall–Kier alpha value is -0.810. The lowest BCUT2D eigenvalue weighted by Gasteiger charge is -2.11. The van der Waals surface area contributed by atoms with Crippen LogP contribution in [-0.4, -0.2) is 21.3 Å². The predicted molar refractivity (Wildman–Crippen MR) is 58.4 cm³/mol. The zero-order valence-electron chi connectivity index (χ0n) is 8.36. The van der Waals surface area contributed by atoms with Crippen LogP contribution in [0, 0.1) is 0 Å². The van der Waals surface area contributed by atoms with Gasteiger partial charge in [0.25, 0.3) is 5.56 Å². The van der Waals surface area contributed by atoms with Gasteiger partial charge in [-0.3, -0.25) is 4.79 Å². The molecule has 0 aliphatic heterocycles. The molecule has 1 rings (SSSR count). The standard InChI is InChI=1S/C9H15N3OS/c1-6(10)5-7(2)14-9-11-4-3-8(13)12-9/h3-4,6-7H,5,10H2,1-2H3,(H,11,12,13). The highest BCUT2D eigenvalue weighted by Crippen LogP contribution is 2.20. The first-order valence-corrected chi connectivity index (χ1v) is 5.43. The Kier molecular flexibility index (Phi) is 4.16. The molecule has 1 aromatic heterocycles. The fraction of sp³-hybridized carbons (Fsp3) is 0.556. The summed E-state index contributed by atoms with van der Waals surface area (Å²) < 4.78 is 0. The quantitative estimate of drug-likeness (QED) is 0.578. The average Bonchev–Trinajstić information content (AvgIpc) is 2.01. The van der Waals surface area contributed by atoms with Crippen LogP contribution in [0.3, 0.4) is 0 Å². The van der Waals surface area contributed by atoms with Crippen LogP contribution in [0.1, 0.15) is 20.3 Å². The van der Waals surface area contributed by atoms with E-state index in [0.717, 1.165) is 6.42 Å². The second kappa shape index (κ2) is 5.17. The molecule has 1 heterocycles. The van der Waals surface area contributed by atoms with Crippen molar-refractivity contribution in [2.45, 2.75) is 36.7 Å². The van der Waals surface area contributed by atoms with E-state index in [1.54, 1.807) is 0 Å². The van der Waals surface area contributed by atoms with Crippen LogP contribution in [0.4, 0.5) is 0 Å². The molecule has 0 bridgehead atoms. The van der Waals surface area contributed by atoms with Crippen molar-refractivity contribution in [3.05, 3.63) is 22.6 Å². The minimum absolute atomic E-state index is 0.115. The molecule has 0 amide bonds. The highest BCUT2D eigenvalue weighted by Gasteiger charge is 2.08. The molecule has 14 heavy (non-hydrogen) atoms. The van der Waals surface area contributed by atoms with Crippen LogP contribution < -0.4 is 11.3 Å². The molecular weight excluding hydrogens is 198 g/mol. The molecule has 5 heteroatoms. The van der Waals surface area contributed by atoms with Gasteiger partial charge in [0.1, 0.15) is 0 Å². The van der Waals surface area contributed by atoms with E-state index < -0.39 is 0 Å². The molecular formula is C9H15N3OS. The lowest BCUT2D eigenvalue weighted by atomic mass is 10.2. The van der Waals surface area contributed by atoms with Gasteiger partial charge in [-0.25, -0.2) is 4.98 Å². The van der Waals surface area contributed by atoms with E-state index in [1.165, 1.54) is 24.0 Å². The molecule has 0 fully saturated rings. The van der Waals surface area contributed by atoms with Crippen molar-refractivity contribution in [3.63, 3.8) is 0 Å². The highest BCUT2D eigenvalue weighted by molar-refractivity contribution is 7.99. The van der Waals surface area contributed by atoms with Gasteiger partial charge in [-0.2, -0.15) is 0 Å². The number of thioether (sulfide) groups is 1. The first-order chi connectivity index (χ1) is 6.58. The number of nitrogens with one attached hydrogen (secondary N) is 1. The van der Waals surface area contributed by atoms with Gasteiger partial charge in [-0.05, 0) is 13.3 Å². The van der Waals surface area contributed by atoms with Crippen molar-refractivity contribution < 1.29 is 0 Å². The van der Waals surface area contributed by atoms with Crippen molar-refractivity contribution >= 4 is 11.8 Å². The Morgan fingerprint density at radius 3 is 2.93 bits per heavy atom. The zero-order valence-corrected chi connectivity index (χ0v) is 9.17. The number of aromatic amines is 1. The minimum Gasteiger partial charge on any atom is -0.328 e. The summed E-state index contributed by atoms with van der Waals surface area (Å²) in [5.41, 5.74) is 5.56. The van der Waals surface area contributed by atoms with E-state index in [9.17, 15) is 4.79 Å². The van der Waals surface area contributed by atoms with Crippen molar-refractivity contribution in [3.8, 4) is 0 Å². The molecule has 0 aliphatic rings. The predicted octanol–water partition coefficient (Wildman–Crippen LogP) is 0.988. The van der Waals surface area contributed by atoms with E-state index in [1.807, 2.05) is 6.92 Å². The Bertz CT molecular complexity index is 337. The van der Waals surface area contributed by atoms with Crippen molar-refractivity contribution in [1.82, 2.24) is 9.97 Å². The van der Waals surface area contributed by atoms with Gasteiger partial charge in [0, 0.05) is 23.6 Å². The van der Waals surface area contributed by atoms with Crippen LogP contribution in [0.25, 0.3) is 0 Å². The van der Waals surface area contributed by atoms with Crippen LogP contribution in [0.5, 0.6) is 0 Å². The molecule has 1 aromatic rings. The molecule has 4 nitrogen and oxygen atoms in total. The SMILES string of the molecule is CC(N)CC(C)Sc1nccc(=O)[nH]1. The van der Waals surface area contributed by atoms with Gasteiger partial charge in [0.15, 0.2) is 5.16 Å². The smallest absolute Gasteiger partial charge is 0.251 e. The maximum atomic E-state index is 11.0. The highest BCUT2D eigenvalue weighted by atomic mass is 32.2. The molecule has 2 atom stereocenters. The van der Waals surface area contributed by atoms with Gasteiger partial charge in [-0.15, -0.1) is 0 Å². The molecule has 0 radical (unpaired) electrons. The number of nitrogens with two attached hydrogens (primary N) is 1. The van der Waals surface area contributed by atoms with Crippen molar-refractivity contribution in [2.75, 3.05) is 0 Å². The van der Waals surface area contributed by atoms with E-state index in [2.05, 4.69) is 16.9 Å². The Balaban J connectivity index is 2.56. The number of H-pyrrole nitrogens is 1. The monoisotopic (exact) mass is 213 g/mol. The average molecular weight is 213 g/mol. The second-order valence-corrected chi connectivity index (χ2v) is 4.81. The fourth-order valence-electron chi connectivity index (χ4n) is 1.17. The molecule has 0 saturated carbocycles. The van der Waals surface area contributed by atoms with E-state index in [-0.39, 0.29) is 11.6 Å². The first kappa shape index (κ1) is 11.3. The summed E-state index contributed by atoms with van der Waals surface area (Å²) in [7, 11) is 0. The maximum Gasteiger partial charge on any atom is 0.251 e. The summed E-state index contributed by atoms with van der Waals surface area (Å²) >= 11 is 1.54. The minimum atomic E-state index is -0.115. The Morgan fingerprint density at radius 2 is 2.36 bits per heavy atom. The largest absolute Gasteiger partial charge is 0.328 e. The lowest BCUT2D eigenvalue weighted by molar-refractivity contribution is 0.661. The molecule has 0 saturated heterocycles. The van der Waals surface area contributed by atoms with Gasteiger partial charge in [0.05, 0.1) is 0 Å². The van der Waals surface area contributed by atoms with E-state index in [4.69, 9.17) is 5.73 Å². The summed E-state index contributed by atoms with van der Waals surface area (Å²) in [6.45, 7) is 4.04. The normalized spacial score (nSPS) is 15.1. The third-order valence-electron chi connectivity index (χ3n) is 1.66. The Labute approximate surface area is 87.3 Å². The molecule has 3 N–H and O–H groups in total. The maximum absolute atomic E-state index is 11.0. The van der Waals surface area contributed by atoms with Crippen LogP contribution in [0.2, 0.25) is 0 Å². The second-order valence-electron chi connectivity index (χ2n) is 3.38. The first-order valence-electron chi connectivity index (χ1n) is 4.55. The summed E-state index contributed by atoms with van der Waals surface area (Å²) in [6.07, 6.45) is 2.42. The van der Waals surface area contributed by atoms with Crippen LogP contribution >= 0.6 is 11.8 Å². The summed E-state index contributed by atoms with van der Waals surface area (Å²) in [6, 6.07) is 1.58. The van der Waals surface area contributed by atoms with Crippen LogP contribution in [0.15, 0.2) is 22.2 Å². The molecule has 78 valence electrons. The van der Waals surface area contributed by atoms with E-state index >= 15 is 0 Å². The van der Waals surface area contributed by atoms with E-state index in [0.29, 0.717) is 10.4 Å². The third-order valence-corrected chi connectivity index (χ3v) is 2.69. The molecule has 0 aliphatic carbocycles. The third kappa shape index (κ3) is 3.93. The van der Waals surface area contributed by atoms with Crippen molar-refractivity contribution in [1.29, 1.82) is 0 Å². The number of nitrogens with zero attached hydrogens (tertiary/aromatic N) is 1. The molecule has 2 unspecified atom stereocenters. The zero-order chi connectivity index (χ0) is 10.6. The summed E-state index contributed by atoms with van der Waals surface area (Å²) in [4.78, 5) is 17.7. The summed E-state index contributed by atoms with van der Waals surface area (Å²) in [5.74, 6) is 0. The molecule has 0 spiro atoms. The van der Waals surface area contributed by atoms with Gasteiger partial charge >= 0.3 is 0 Å². The number of rotatable bonds is 4. The summed E-state index contributed by atoms with van der Waals surface area (Å²) in [5, 5.41) is 1.02. The Morgan fingerprint density at radius 1 is 1.64 bits per heavy atom. The number of aromatic nitrogens is 2. The number of hydrogen-bond donors (Lipinski definition) is 2. The lowest BCUT2D eigenvalue weighted by Crippen LogP contribution is -2.19. The fourth-order valence-corrected chi connectivity index (χ4v) is 2.24. The van der Waals surface area contributed by atoms with Crippen LogP contribution in [-0.2, 0) is 0 Å². The number of hydrogen-bond acceptors (Lipinski definition) is 4. The molecule has 0 aromatic carbocycles.